The van der Waals surface area contributed by atoms with E-state index in [1.54, 1.807) is 24.3 Å². The van der Waals surface area contributed by atoms with Gasteiger partial charge in [-0.2, -0.15) is 0 Å². The monoisotopic (exact) mass is 466 g/mol. The third kappa shape index (κ3) is 5.57. The SMILES string of the molecule is C=CCSc1nnc(NC(=O)c2ccc(NS(=O)(=O)c3ccccc3)cc2Cl)s1. The van der Waals surface area contributed by atoms with Crippen LogP contribution in [0.1, 0.15) is 10.4 Å². The molecule has 0 bridgehead atoms. The summed E-state index contributed by atoms with van der Waals surface area (Å²) in [6.07, 6.45) is 1.75. The van der Waals surface area contributed by atoms with Crippen LogP contribution in [0.4, 0.5) is 10.8 Å². The molecule has 0 unspecified atom stereocenters. The zero-order valence-electron chi connectivity index (χ0n) is 14.8. The molecule has 11 heteroatoms. The number of amides is 1. The van der Waals surface area contributed by atoms with Gasteiger partial charge in [0, 0.05) is 5.75 Å². The molecule has 29 heavy (non-hydrogen) atoms. The number of anilines is 2. The Morgan fingerprint density at radius 3 is 2.66 bits per heavy atom. The highest BCUT2D eigenvalue weighted by Gasteiger charge is 2.17. The second-order valence-corrected chi connectivity index (χ2v) is 9.87. The van der Waals surface area contributed by atoms with Gasteiger partial charge in [-0.15, -0.1) is 16.8 Å². The lowest BCUT2D eigenvalue weighted by Crippen LogP contribution is -2.14. The molecule has 0 aliphatic carbocycles. The van der Waals surface area contributed by atoms with E-state index in [9.17, 15) is 13.2 Å². The average molecular weight is 467 g/mol. The third-order valence-electron chi connectivity index (χ3n) is 3.47. The number of carbonyl (C=O) groups excluding carboxylic acids is 1. The van der Waals surface area contributed by atoms with Crippen molar-refractivity contribution in [3.63, 3.8) is 0 Å². The van der Waals surface area contributed by atoms with Crippen LogP contribution in [-0.2, 0) is 10.0 Å². The largest absolute Gasteiger partial charge is 0.296 e. The van der Waals surface area contributed by atoms with Crippen molar-refractivity contribution in [3.8, 4) is 0 Å². The molecule has 0 atom stereocenters. The van der Waals surface area contributed by atoms with Crippen molar-refractivity contribution in [1.29, 1.82) is 0 Å². The second kappa shape index (κ2) is 9.40. The summed E-state index contributed by atoms with van der Waals surface area (Å²) in [5.41, 5.74) is 0.430. The Hall–Kier alpha value is -2.40. The number of carbonyl (C=O) groups is 1. The first kappa shape index (κ1) is 21.3. The summed E-state index contributed by atoms with van der Waals surface area (Å²) in [4.78, 5) is 12.6. The van der Waals surface area contributed by atoms with Crippen molar-refractivity contribution in [2.24, 2.45) is 0 Å². The number of hydrogen-bond acceptors (Lipinski definition) is 7. The second-order valence-electron chi connectivity index (χ2n) is 5.54. The van der Waals surface area contributed by atoms with Crippen LogP contribution >= 0.6 is 34.7 Å². The molecule has 1 amide bonds. The Morgan fingerprint density at radius 1 is 1.21 bits per heavy atom. The molecule has 0 aliphatic heterocycles. The predicted molar refractivity (Wildman–Crippen MR) is 117 cm³/mol. The predicted octanol–water partition coefficient (Wildman–Crippen LogP) is 4.52. The molecule has 3 aromatic rings. The summed E-state index contributed by atoms with van der Waals surface area (Å²) >= 11 is 8.89. The molecule has 0 spiro atoms. The standard InChI is InChI=1S/C18H15ClN4O3S3/c1-2-10-27-18-22-21-17(28-18)20-16(24)14-9-8-12(11-15(14)19)23-29(25,26)13-6-4-3-5-7-13/h2-9,11,23H,1,10H2,(H,20,21,24). The summed E-state index contributed by atoms with van der Waals surface area (Å²) in [5, 5.41) is 10.9. The van der Waals surface area contributed by atoms with Crippen LogP contribution < -0.4 is 10.0 Å². The van der Waals surface area contributed by atoms with E-state index in [-0.39, 0.29) is 21.2 Å². The first-order chi connectivity index (χ1) is 13.9. The fraction of sp³-hybridized carbons (Fsp3) is 0.0556. The fourth-order valence-electron chi connectivity index (χ4n) is 2.19. The van der Waals surface area contributed by atoms with Crippen LogP contribution in [-0.4, -0.2) is 30.3 Å². The van der Waals surface area contributed by atoms with Crippen molar-refractivity contribution in [1.82, 2.24) is 10.2 Å². The highest BCUT2D eigenvalue weighted by molar-refractivity contribution is 8.01. The number of nitrogens with zero attached hydrogens (tertiary/aromatic N) is 2. The molecule has 150 valence electrons. The lowest BCUT2D eigenvalue weighted by molar-refractivity contribution is 0.102. The van der Waals surface area contributed by atoms with Crippen molar-refractivity contribution < 1.29 is 13.2 Å². The molecule has 0 radical (unpaired) electrons. The van der Waals surface area contributed by atoms with E-state index in [1.165, 1.54) is 53.4 Å². The Morgan fingerprint density at radius 2 is 1.97 bits per heavy atom. The van der Waals surface area contributed by atoms with Crippen molar-refractivity contribution in [2.45, 2.75) is 9.24 Å². The normalized spacial score (nSPS) is 11.1. The molecule has 3 rings (SSSR count). The minimum absolute atomic E-state index is 0.0986. The van der Waals surface area contributed by atoms with Crippen molar-refractivity contribution >= 4 is 61.4 Å². The topological polar surface area (TPSA) is 101 Å². The Balaban J connectivity index is 1.71. The Labute approximate surface area is 181 Å². The Bertz CT molecular complexity index is 1130. The molecule has 7 nitrogen and oxygen atoms in total. The van der Waals surface area contributed by atoms with Gasteiger partial charge in [-0.25, -0.2) is 8.42 Å². The lowest BCUT2D eigenvalue weighted by atomic mass is 10.2. The summed E-state index contributed by atoms with van der Waals surface area (Å²) in [5.74, 6) is 0.221. The van der Waals surface area contributed by atoms with E-state index in [4.69, 9.17) is 11.6 Å². The summed E-state index contributed by atoms with van der Waals surface area (Å²) in [7, 11) is -3.75. The Kier molecular flexibility index (Phi) is 6.91. The van der Waals surface area contributed by atoms with E-state index in [2.05, 4.69) is 26.8 Å². The van der Waals surface area contributed by atoms with E-state index >= 15 is 0 Å². The van der Waals surface area contributed by atoms with Gasteiger partial charge >= 0.3 is 0 Å². The number of hydrogen-bond donors (Lipinski definition) is 2. The average Bonchev–Trinajstić information content (AvgIpc) is 3.14. The number of rotatable bonds is 8. The molecule has 0 saturated carbocycles. The molecule has 1 aromatic heterocycles. The smallest absolute Gasteiger partial charge is 0.261 e. The number of thioether (sulfide) groups is 1. The minimum atomic E-state index is -3.75. The van der Waals surface area contributed by atoms with E-state index in [1.807, 2.05) is 0 Å². The van der Waals surface area contributed by atoms with Crippen molar-refractivity contribution in [3.05, 3.63) is 71.8 Å². The maximum atomic E-state index is 12.5. The molecular weight excluding hydrogens is 452 g/mol. The summed E-state index contributed by atoms with van der Waals surface area (Å²) < 4.78 is 27.9. The van der Waals surface area contributed by atoms with Gasteiger partial charge in [-0.05, 0) is 30.3 Å². The van der Waals surface area contributed by atoms with Gasteiger partial charge in [0.2, 0.25) is 5.13 Å². The summed E-state index contributed by atoms with van der Waals surface area (Å²) in [6, 6.07) is 12.2. The highest BCUT2D eigenvalue weighted by atomic mass is 35.5. The van der Waals surface area contributed by atoms with Crippen LogP contribution in [0.15, 0.2) is 70.4 Å². The zero-order valence-corrected chi connectivity index (χ0v) is 18.0. The van der Waals surface area contributed by atoms with Crippen molar-refractivity contribution in [2.75, 3.05) is 15.8 Å². The number of sulfonamides is 1. The number of nitrogens with one attached hydrogen (secondary N) is 2. The van der Waals surface area contributed by atoms with Gasteiger partial charge in [0.1, 0.15) is 0 Å². The number of halogens is 1. The van der Waals surface area contributed by atoms with Gasteiger partial charge in [-0.1, -0.05) is 59.0 Å². The van der Waals surface area contributed by atoms with Crippen LogP contribution in [0, 0.1) is 0 Å². The maximum absolute atomic E-state index is 12.5. The third-order valence-corrected chi connectivity index (χ3v) is 7.15. The van der Waals surface area contributed by atoms with Gasteiger partial charge in [0.15, 0.2) is 4.34 Å². The molecule has 2 N–H and O–H groups in total. The van der Waals surface area contributed by atoms with Gasteiger partial charge < -0.3 is 0 Å². The molecule has 2 aromatic carbocycles. The fourth-order valence-corrected chi connectivity index (χ4v) is 5.03. The highest BCUT2D eigenvalue weighted by Crippen LogP contribution is 2.27. The quantitative estimate of drug-likeness (QED) is 0.287. The van der Waals surface area contributed by atoms with Crippen LogP contribution in [0.3, 0.4) is 0 Å². The van der Waals surface area contributed by atoms with Gasteiger partial charge in [-0.3, -0.25) is 14.8 Å². The van der Waals surface area contributed by atoms with Crippen LogP contribution in [0.5, 0.6) is 0 Å². The summed E-state index contributed by atoms with van der Waals surface area (Å²) in [6.45, 7) is 3.64. The number of aromatic nitrogens is 2. The van der Waals surface area contributed by atoms with E-state index in [0.717, 1.165) is 0 Å². The van der Waals surface area contributed by atoms with E-state index in [0.29, 0.717) is 15.2 Å². The molecule has 0 saturated heterocycles. The maximum Gasteiger partial charge on any atom is 0.261 e. The molecule has 0 aliphatic rings. The van der Waals surface area contributed by atoms with Gasteiger partial charge in [0.25, 0.3) is 15.9 Å². The molecule has 1 heterocycles. The molecule has 0 fully saturated rings. The zero-order chi connectivity index (χ0) is 20.9. The lowest BCUT2D eigenvalue weighted by Gasteiger charge is -2.10. The first-order valence-corrected chi connectivity index (χ1v) is 11.8. The van der Waals surface area contributed by atoms with Crippen LogP contribution in [0.25, 0.3) is 0 Å². The van der Waals surface area contributed by atoms with E-state index < -0.39 is 15.9 Å². The first-order valence-electron chi connectivity index (χ1n) is 8.15. The minimum Gasteiger partial charge on any atom is -0.296 e. The number of benzene rings is 2. The molecular formula is C18H15ClN4O3S3. The van der Waals surface area contributed by atoms with Gasteiger partial charge in [0.05, 0.1) is 21.2 Å². The van der Waals surface area contributed by atoms with Crippen LogP contribution in [0.2, 0.25) is 5.02 Å².